The fraction of sp³-hybridized carbons (Fsp3) is 0.0769. The summed E-state index contributed by atoms with van der Waals surface area (Å²) in [6, 6.07) is 7.78. The summed E-state index contributed by atoms with van der Waals surface area (Å²) in [7, 11) is -4.15. The number of anilines is 1. The van der Waals surface area contributed by atoms with Crippen LogP contribution in [0.4, 0.5) is 5.69 Å². The maximum atomic E-state index is 12.3. The lowest BCUT2D eigenvalue weighted by Crippen LogP contribution is -2.34. The minimum absolute atomic E-state index is 0.0631. The SMILES string of the molecule is Nc1cccc2ccc3c(c12)C(=O)N(CC(=O)O)S3(=O)=O. The second-order valence-electron chi connectivity index (χ2n) is 4.59. The summed E-state index contributed by atoms with van der Waals surface area (Å²) in [6.07, 6.45) is 0. The first-order valence-corrected chi connectivity index (χ1v) is 7.38. The average Bonchev–Trinajstić information content (AvgIpc) is 2.60. The molecule has 0 radical (unpaired) electrons. The molecule has 8 heteroatoms. The molecule has 1 heterocycles. The lowest BCUT2D eigenvalue weighted by Gasteiger charge is -2.11. The number of benzene rings is 2. The molecule has 0 spiro atoms. The number of hydrogen-bond acceptors (Lipinski definition) is 5. The summed E-state index contributed by atoms with van der Waals surface area (Å²) in [6.45, 7) is -0.913. The number of hydrogen-bond donors (Lipinski definition) is 2. The maximum absolute atomic E-state index is 12.3. The molecule has 0 bridgehead atoms. The third kappa shape index (κ3) is 1.76. The number of rotatable bonds is 2. The zero-order valence-corrected chi connectivity index (χ0v) is 11.4. The van der Waals surface area contributed by atoms with Crippen molar-refractivity contribution in [1.82, 2.24) is 4.31 Å². The van der Waals surface area contributed by atoms with Crippen molar-refractivity contribution < 1.29 is 23.1 Å². The number of sulfonamides is 1. The van der Waals surface area contributed by atoms with Crippen LogP contribution in [0.5, 0.6) is 0 Å². The lowest BCUT2D eigenvalue weighted by atomic mass is 10.0. The minimum Gasteiger partial charge on any atom is -0.480 e. The molecule has 2 aromatic carbocycles. The first-order chi connectivity index (χ1) is 9.84. The van der Waals surface area contributed by atoms with Gasteiger partial charge in [0, 0.05) is 11.1 Å². The highest BCUT2D eigenvalue weighted by molar-refractivity contribution is 7.90. The number of amides is 1. The minimum atomic E-state index is -4.15. The van der Waals surface area contributed by atoms with Crippen molar-refractivity contribution in [2.24, 2.45) is 0 Å². The van der Waals surface area contributed by atoms with Crippen LogP contribution in [0.1, 0.15) is 10.4 Å². The summed E-state index contributed by atoms with van der Waals surface area (Å²) < 4.78 is 24.9. The number of carbonyl (C=O) groups excluding carboxylic acids is 1. The highest BCUT2D eigenvalue weighted by Gasteiger charge is 2.43. The molecule has 0 saturated carbocycles. The Balaban J connectivity index is 2.37. The van der Waals surface area contributed by atoms with Crippen LogP contribution in [0.3, 0.4) is 0 Å². The third-order valence-electron chi connectivity index (χ3n) is 3.33. The predicted octanol–water partition coefficient (Wildman–Crippen LogP) is 0.651. The number of nitrogens with two attached hydrogens (primary N) is 1. The quantitative estimate of drug-likeness (QED) is 0.787. The number of aliphatic carboxylic acids is 1. The molecule has 108 valence electrons. The highest BCUT2D eigenvalue weighted by atomic mass is 32.2. The molecule has 0 unspecified atom stereocenters. The van der Waals surface area contributed by atoms with Gasteiger partial charge in [0.05, 0.1) is 5.56 Å². The van der Waals surface area contributed by atoms with Gasteiger partial charge in [0.1, 0.15) is 11.4 Å². The largest absolute Gasteiger partial charge is 0.480 e. The molecule has 3 rings (SSSR count). The molecule has 0 aliphatic carbocycles. The van der Waals surface area contributed by atoms with Crippen LogP contribution in [-0.2, 0) is 14.8 Å². The monoisotopic (exact) mass is 306 g/mol. The molecule has 1 aliphatic rings. The maximum Gasteiger partial charge on any atom is 0.324 e. The van der Waals surface area contributed by atoms with Gasteiger partial charge in [-0.15, -0.1) is 0 Å². The summed E-state index contributed by atoms with van der Waals surface area (Å²) in [5.74, 6) is -2.27. The van der Waals surface area contributed by atoms with Crippen LogP contribution < -0.4 is 5.73 Å². The lowest BCUT2D eigenvalue weighted by molar-refractivity contribution is -0.136. The van der Waals surface area contributed by atoms with Gasteiger partial charge in [-0.05, 0) is 17.5 Å². The van der Waals surface area contributed by atoms with Crippen LogP contribution in [0.25, 0.3) is 10.8 Å². The van der Waals surface area contributed by atoms with E-state index < -0.39 is 28.4 Å². The van der Waals surface area contributed by atoms with Gasteiger partial charge >= 0.3 is 5.97 Å². The Morgan fingerprint density at radius 3 is 2.62 bits per heavy atom. The van der Waals surface area contributed by atoms with E-state index in [2.05, 4.69) is 0 Å². The van der Waals surface area contributed by atoms with Crippen LogP contribution in [0.15, 0.2) is 35.2 Å². The Morgan fingerprint density at radius 2 is 1.95 bits per heavy atom. The summed E-state index contributed by atoms with van der Waals surface area (Å²) in [5.41, 5.74) is 6.05. The zero-order valence-electron chi connectivity index (χ0n) is 10.6. The molecule has 1 amide bonds. The second kappa shape index (κ2) is 4.19. The van der Waals surface area contributed by atoms with Gasteiger partial charge in [-0.2, -0.15) is 0 Å². The first kappa shape index (κ1) is 13.4. The van der Waals surface area contributed by atoms with Crippen molar-refractivity contribution >= 4 is 38.4 Å². The Bertz CT molecular complexity index is 904. The van der Waals surface area contributed by atoms with Crippen LogP contribution >= 0.6 is 0 Å². The van der Waals surface area contributed by atoms with E-state index >= 15 is 0 Å². The molecule has 7 nitrogen and oxygen atoms in total. The average molecular weight is 306 g/mol. The molecule has 1 aliphatic heterocycles. The second-order valence-corrected chi connectivity index (χ2v) is 6.43. The van der Waals surface area contributed by atoms with Gasteiger partial charge in [0.2, 0.25) is 0 Å². The number of nitrogen functional groups attached to an aromatic ring is 1. The summed E-state index contributed by atoms with van der Waals surface area (Å²) in [4.78, 5) is 22.9. The number of carboxylic acids is 1. The van der Waals surface area contributed by atoms with Crippen molar-refractivity contribution in [1.29, 1.82) is 0 Å². The molecular weight excluding hydrogens is 296 g/mol. The van der Waals surface area contributed by atoms with Gasteiger partial charge in [-0.1, -0.05) is 18.2 Å². The molecule has 21 heavy (non-hydrogen) atoms. The van der Waals surface area contributed by atoms with E-state index in [4.69, 9.17) is 10.8 Å². The van der Waals surface area contributed by atoms with Crippen molar-refractivity contribution in [2.45, 2.75) is 4.90 Å². The van der Waals surface area contributed by atoms with Crippen LogP contribution in [-0.4, -0.2) is 36.3 Å². The summed E-state index contributed by atoms with van der Waals surface area (Å²) in [5, 5.41) is 9.74. The molecule has 0 atom stereocenters. The van der Waals surface area contributed by atoms with E-state index in [9.17, 15) is 18.0 Å². The van der Waals surface area contributed by atoms with E-state index in [0.29, 0.717) is 15.1 Å². The van der Waals surface area contributed by atoms with Crippen LogP contribution in [0.2, 0.25) is 0 Å². The Morgan fingerprint density at radius 1 is 1.24 bits per heavy atom. The van der Waals surface area contributed by atoms with Gasteiger partial charge in [-0.25, -0.2) is 12.7 Å². The van der Waals surface area contributed by atoms with Gasteiger partial charge in [0.25, 0.3) is 15.9 Å². The number of fused-ring (bicyclic) bond motifs is 3. The fourth-order valence-electron chi connectivity index (χ4n) is 2.45. The topological polar surface area (TPSA) is 118 Å². The predicted molar refractivity (Wildman–Crippen MR) is 74.2 cm³/mol. The van der Waals surface area contributed by atoms with Crippen LogP contribution in [0, 0.1) is 0 Å². The number of carboxylic acid groups (broad SMARTS) is 1. The molecular formula is C13H10N2O5S. The van der Waals surface area contributed by atoms with Crippen molar-refractivity contribution in [3.63, 3.8) is 0 Å². The van der Waals surface area contributed by atoms with E-state index in [1.54, 1.807) is 24.3 Å². The van der Waals surface area contributed by atoms with E-state index in [1.165, 1.54) is 6.07 Å². The standard InChI is InChI=1S/C13H10N2O5S/c14-8-3-1-2-7-4-5-9-12(11(7)8)13(18)15(6-10(16)17)21(9,19)20/h1-5H,6,14H2,(H,16,17). The van der Waals surface area contributed by atoms with Gasteiger partial charge in [0.15, 0.2) is 0 Å². The fourth-order valence-corrected chi connectivity index (χ4v) is 3.96. The molecule has 2 aromatic rings. The van der Waals surface area contributed by atoms with Crippen molar-refractivity contribution in [3.05, 3.63) is 35.9 Å². The first-order valence-electron chi connectivity index (χ1n) is 5.94. The smallest absolute Gasteiger partial charge is 0.324 e. The van der Waals surface area contributed by atoms with Gasteiger partial charge in [-0.3, -0.25) is 9.59 Å². The number of carbonyl (C=O) groups is 2. The molecule has 0 aromatic heterocycles. The number of nitrogens with zero attached hydrogens (tertiary/aromatic N) is 1. The Labute approximate surface area is 119 Å². The normalized spacial score (nSPS) is 16.2. The van der Waals surface area contributed by atoms with Crippen molar-refractivity contribution in [2.75, 3.05) is 12.3 Å². The van der Waals surface area contributed by atoms with E-state index in [-0.39, 0.29) is 16.1 Å². The molecule has 3 N–H and O–H groups in total. The van der Waals surface area contributed by atoms with Crippen molar-refractivity contribution in [3.8, 4) is 0 Å². The summed E-state index contributed by atoms with van der Waals surface area (Å²) >= 11 is 0. The van der Waals surface area contributed by atoms with E-state index in [1.807, 2.05) is 0 Å². The zero-order chi connectivity index (χ0) is 15.4. The van der Waals surface area contributed by atoms with Gasteiger partial charge < -0.3 is 10.8 Å². The highest BCUT2D eigenvalue weighted by Crippen LogP contribution is 2.37. The molecule has 0 saturated heterocycles. The Hall–Kier alpha value is -2.61. The Kier molecular flexibility index (Phi) is 2.67. The van der Waals surface area contributed by atoms with E-state index in [0.717, 1.165) is 0 Å². The molecule has 0 fully saturated rings. The third-order valence-corrected chi connectivity index (χ3v) is 5.10.